The van der Waals surface area contributed by atoms with Gasteiger partial charge in [-0.15, -0.1) is 13.2 Å². The van der Waals surface area contributed by atoms with E-state index in [1.54, 1.807) is 17.0 Å². The van der Waals surface area contributed by atoms with E-state index in [0.717, 1.165) is 36.4 Å². The van der Waals surface area contributed by atoms with E-state index >= 15 is 0 Å². The van der Waals surface area contributed by atoms with Crippen molar-refractivity contribution in [3.05, 3.63) is 121 Å². The van der Waals surface area contributed by atoms with Gasteiger partial charge in [-0.05, 0) is 61.4 Å². The van der Waals surface area contributed by atoms with E-state index in [9.17, 15) is 9.90 Å². The summed E-state index contributed by atoms with van der Waals surface area (Å²) in [5.41, 5.74) is 3.49. The highest BCUT2D eigenvalue weighted by atomic mass is 16.3. The number of phenolic OH excluding ortho intramolecular Hbond substituents is 1. The third-order valence-corrected chi connectivity index (χ3v) is 7.12. The van der Waals surface area contributed by atoms with E-state index in [4.69, 9.17) is 0 Å². The maximum absolute atomic E-state index is 13.7. The molecule has 1 aliphatic rings. The first-order valence-corrected chi connectivity index (χ1v) is 12.9. The van der Waals surface area contributed by atoms with Crippen molar-refractivity contribution >= 4 is 11.6 Å². The normalized spacial score (nSPS) is 19.2. The Kier molecular flexibility index (Phi) is 8.59. The molecular formula is C32H37N3O2. The number of phenols is 1. The predicted octanol–water partition coefficient (Wildman–Crippen LogP) is 5.90. The molecule has 4 rings (SSSR count). The molecule has 37 heavy (non-hydrogen) atoms. The number of hydrogen-bond donors (Lipinski definition) is 1. The summed E-state index contributed by atoms with van der Waals surface area (Å²) < 4.78 is 0. The zero-order chi connectivity index (χ0) is 26.4. The highest BCUT2D eigenvalue weighted by Gasteiger charge is 2.34. The molecule has 1 N–H and O–H groups in total. The van der Waals surface area contributed by atoms with Gasteiger partial charge in [0.25, 0.3) is 5.91 Å². The van der Waals surface area contributed by atoms with Crippen LogP contribution in [-0.2, 0) is 0 Å². The number of para-hydroxylation sites is 1. The van der Waals surface area contributed by atoms with E-state index in [1.807, 2.05) is 66.7 Å². The minimum atomic E-state index is -0.104. The van der Waals surface area contributed by atoms with Crippen LogP contribution in [0, 0.1) is 0 Å². The van der Waals surface area contributed by atoms with Gasteiger partial charge in [0.05, 0.1) is 6.04 Å². The molecular weight excluding hydrogens is 458 g/mol. The molecule has 1 amide bonds. The maximum Gasteiger partial charge on any atom is 0.258 e. The molecule has 1 heterocycles. The molecule has 1 fully saturated rings. The molecule has 5 heteroatoms. The maximum atomic E-state index is 13.7. The van der Waals surface area contributed by atoms with Crippen LogP contribution < -0.4 is 4.90 Å². The number of carbonyl (C=O) groups is 1. The molecule has 1 saturated heterocycles. The van der Waals surface area contributed by atoms with Crippen LogP contribution in [0.4, 0.5) is 5.69 Å². The van der Waals surface area contributed by atoms with Crippen LogP contribution in [0.25, 0.3) is 0 Å². The van der Waals surface area contributed by atoms with Crippen molar-refractivity contribution < 1.29 is 9.90 Å². The summed E-state index contributed by atoms with van der Waals surface area (Å²) in [4.78, 5) is 20.4. The minimum absolute atomic E-state index is 0.0696. The fraction of sp³-hybridized carbons (Fsp3) is 0.281. The van der Waals surface area contributed by atoms with Crippen LogP contribution in [0.5, 0.6) is 5.75 Å². The van der Waals surface area contributed by atoms with Crippen LogP contribution in [0.2, 0.25) is 0 Å². The van der Waals surface area contributed by atoms with E-state index < -0.39 is 0 Å². The summed E-state index contributed by atoms with van der Waals surface area (Å²) >= 11 is 0. The van der Waals surface area contributed by atoms with Gasteiger partial charge in [0, 0.05) is 49.5 Å². The Morgan fingerprint density at radius 2 is 1.65 bits per heavy atom. The Morgan fingerprint density at radius 1 is 0.946 bits per heavy atom. The second-order valence-corrected chi connectivity index (χ2v) is 9.80. The Bertz CT molecular complexity index is 1230. The third kappa shape index (κ3) is 6.01. The minimum Gasteiger partial charge on any atom is -0.508 e. The SMILES string of the molecule is C=CCN(C(=O)c1cccc([C@H](c2cccc(O)c2)N2C[C@@H](C)N(CC=C)C[C@@H]2C)c1)c1ccccc1. The van der Waals surface area contributed by atoms with Crippen molar-refractivity contribution in [3.8, 4) is 5.75 Å². The van der Waals surface area contributed by atoms with Gasteiger partial charge in [0.2, 0.25) is 0 Å². The first-order valence-electron chi connectivity index (χ1n) is 12.9. The van der Waals surface area contributed by atoms with E-state index in [2.05, 4.69) is 48.9 Å². The van der Waals surface area contributed by atoms with Crippen molar-refractivity contribution in [1.29, 1.82) is 0 Å². The molecule has 0 radical (unpaired) electrons. The lowest BCUT2D eigenvalue weighted by Crippen LogP contribution is -2.57. The lowest BCUT2D eigenvalue weighted by Gasteiger charge is -2.47. The Morgan fingerprint density at radius 3 is 2.32 bits per heavy atom. The second kappa shape index (κ2) is 12.0. The number of piperazine rings is 1. The van der Waals surface area contributed by atoms with Crippen LogP contribution in [0.3, 0.4) is 0 Å². The summed E-state index contributed by atoms with van der Waals surface area (Å²) in [7, 11) is 0. The van der Waals surface area contributed by atoms with Crippen molar-refractivity contribution in [2.45, 2.75) is 32.0 Å². The number of carbonyl (C=O) groups excluding carboxylic acids is 1. The summed E-state index contributed by atoms with van der Waals surface area (Å²) in [6, 6.07) is 25.6. The van der Waals surface area contributed by atoms with Crippen molar-refractivity contribution in [1.82, 2.24) is 9.80 Å². The smallest absolute Gasteiger partial charge is 0.258 e. The number of hydrogen-bond acceptors (Lipinski definition) is 4. The average Bonchev–Trinajstić information content (AvgIpc) is 2.90. The van der Waals surface area contributed by atoms with Crippen molar-refractivity contribution in [2.24, 2.45) is 0 Å². The molecule has 3 atom stereocenters. The highest BCUT2D eigenvalue weighted by Crippen LogP contribution is 2.35. The largest absolute Gasteiger partial charge is 0.508 e. The zero-order valence-electron chi connectivity index (χ0n) is 21.8. The lowest BCUT2D eigenvalue weighted by molar-refractivity contribution is 0.0306. The first-order chi connectivity index (χ1) is 17.9. The highest BCUT2D eigenvalue weighted by molar-refractivity contribution is 6.06. The molecule has 0 bridgehead atoms. The quantitative estimate of drug-likeness (QED) is 0.376. The fourth-order valence-electron chi connectivity index (χ4n) is 5.32. The van der Waals surface area contributed by atoms with Gasteiger partial charge in [0.1, 0.15) is 5.75 Å². The first kappa shape index (κ1) is 26.4. The van der Waals surface area contributed by atoms with E-state index in [1.165, 1.54) is 0 Å². The van der Waals surface area contributed by atoms with Gasteiger partial charge in [-0.3, -0.25) is 14.6 Å². The van der Waals surface area contributed by atoms with E-state index in [-0.39, 0.29) is 23.7 Å². The molecule has 0 unspecified atom stereocenters. The summed E-state index contributed by atoms with van der Waals surface area (Å²) in [6.07, 6.45) is 3.71. The van der Waals surface area contributed by atoms with Crippen LogP contribution in [-0.4, -0.2) is 59.1 Å². The zero-order valence-corrected chi connectivity index (χ0v) is 21.8. The molecule has 0 aliphatic carbocycles. The predicted molar refractivity (Wildman–Crippen MR) is 152 cm³/mol. The molecule has 1 aliphatic heterocycles. The second-order valence-electron chi connectivity index (χ2n) is 9.80. The van der Waals surface area contributed by atoms with Crippen LogP contribution in [0.1, 0.15) is 41.4 Å². The van der Waals surface area contributed by atoms with Gasteiger partial charge >= 0.3 is 0 Å². The third-order valence-electron chi connectivity index (χ3n) is 7.12. The summed E-state index contributed by atoms with van der Waals surface area (Å²) in [5, 5.41) is 10.3. The number of benzene rings is 3. The van der Waals surface area contributed by atoms with Crippen LogP contribution in [0.15, 0.2) is 104 Å². The lowest BCUT2D eigenvalue weighted by atomic mass is 9.92. The van der Waals surface area contributed by atoms with Gasteiger partial charge in [-0.1, -0.05) is 54.6 Å². The molecule has 0 aromatic heterocycles. The Labute approximate surface area is 221 Å². The standard InChI is InChI=1S/C32H37N3O2/c1-5-18-33-22-25(4)35(23-24(33)3)31(27-13-11-17-30(36)21-27)26-12-10-14-28(20-26)32(37)34(19-6-2)29-15-8-7-9-16-29/h5-17,20-21,24-25,31,36H,1-2,18-19,22-23H2,3-4H3/t24-,25+,31-/m1/s1. The number of anilines is 1. The average molecular weight is 496 g/mol. The molecule has 0 spiro atoms. The fourth-order valence-corrected chi connectivity index (χ4v) is 5.32. The van der Waals surface area contributed by atoms with Gasteiger partial charge in [0.15, 0.2) is 0 Å². The van der Waals surface area contributed by atoms with Crippen LogP contribution >= 0.6 is 0 Å². The molecule has 5 nitrogen and oxygen atoms in total. The topological polar surface area (TPSA) is 47.0 Å². The number of rotatable bonds is 9. The number of nitrogens with zero attached hydrogens (tertiary/aromatic N) is 3. The van der Waals surface area contributed by atoms with Crippen molar-refractivity contribution in [2.75, 3.05) is 31.1 Å². The number of amides is 1. The molecule has 192 valence electrons. The molecule has 3 aromatic rings. The summed E-state index contributed by atoms with van der Waals surface area (Å²) in [6.45, 7) is 15.3. The molecule has 3 aromatic carbocycles. The number of aromatic hydroxyl groups is 1. The van der Waals surface area contributed by atoms with Gasteiger partial charge in [-0.25, -0.2) is 0 Å². The van der Waals surface area contributed by atoms with Gasteiger partial charge in [-0.2, -0.15) is 0 Å². The van der Waals surface area contributed by atoms with Gasteiger partial charge < -0.3 is 10.0 Å². The summed E-state index contributed by atoms with van der Waals surface area (Å²) in [5.74, 6) is 0.168. The van der Waals surface area contributed by atoms with E-state index in [0.29, 0.717) is 18.2 Å². The molecule has 0 saturated carbocycles. The Balaban J connectivity index is 1.73. The monoisotopic (exact) mass is 495 g/mol. The Hall–Kier alpha value is -3.67. The van der Waals surface area contributed by atoms with Crippen molar-refractivity contribution in [3.63, 3.8) is 0 Å².